The number of rotatable bonds is 6. The van der Waals surface area contributed by atoms with Gasteiger partial charge in [-0.1, -0.05) is 18.2 Å². The SMILES string of the molecule is O=C(CCC(=O)N1CCN(c2ccccc2)CC1)NCc1ccco1. The van der Waals surface area contributed by atoms with E-state index in [1.54, 1.807) is 18.4 Å². The van der Waals surface area contributed by atoms with Gasteiger partial charge in [-0.15, -0.1) is 0 Å². The molecule has 25 heavy (non-hydrogen) atoms. The highest BCUT2D eigenvalue weighted by atomic mass is 16.3. The number of piperazine rings is 1. The summed E-state index contributed by atoms with van der Waals surface area (Å²) in [6.07, 6.45) is 2.02. The van der Waals surface area contributed by atoms with Gasteiger partial charge in [-0.05, 0) is 24.3 Å². The van der Waals surface area contributed by atoms with Gasteiger partial charge >= 0.3 is 0 Å². The standard InChI is InChI=1S/C19H23N3O3/c23-18(20-15-17-7-4-14-25-17)8-9-19(24)22-12-10-21(11-13-22)16-5-2-1-3-6-16/h1-7,14H,8-13,15H2,(H,20,23). The molecule has 1 saturated heterocycles. The van der Waals surface area contributed by atoms with Crippen LogP contribution in [0.1, 0.15) is 18.6 Å². The highest BCUT2D eigenvalue weighted by molar-refractivity contribution is 5.83. The summed E-state index contributed by atoms with van der Waals surface area (Å²) in [4.78, 5) is 28.2. The largest absolute Gasteiger partial charge is 0.467 e. The van der Waals surface area contributed by atoms with Gasteiger partial charge in [0.15, 0.2) is 0 Å². The molecule has 1 aromatic heterocycles. The molecule has 0 atom stereocenters. The Bertz CT molecular complexity index is 677. The fourth-order valence-corrected chi connectivity index (χ4v) is 2.92. The first-order chi connectivity index (χ1) is 12.2. The lowest BCUT2D eigenvalue weighted by atomic mass is 10.2. The fourth-order valence-electron chi connectivity index (χ4n) is 2.92. The number of anilines is 1. The summed E-state index contributed by atoms with van der Waals surface area (Å²) < 4.78 is 5.16. The van der Waals surface area contributed by atoms with E-state index < -0.39 is 0 Å². The number of hydrogen-bond acceptors (Lipinski definition) is 4. The van der Waals surface area contributed by atoms with E-state index in [0.29, 0.717) is 25.4 Å². The predicted molar refractivity (Wildman–Crippen MR) is 95.0 cm³/mol. The maximum atomic E-state index is 12.3. The molecule has 0 radical (unpaired) electrons. The van der Waals surface area contributed by atoms with Gasteiger partial charge in [-0.2, -0.15) is 0 Å². The third kappa shape index (κ3) is 4.86. The molecule has 1 aliphatic rings. The van der Waals surface area contributed by atoms with Gasteiger partial charge in [0, 0.05) is 44.7 Å². The van der Waals surface area contributed by atoms with Gasteiger partial charge in [0.05, 0.1) is 12.8 Å². The van der Waals surface area contributed by atoms with Crippen molar-refractivity contribution in [2.24, 2.45) is 0 Å². The Balaban J connectivity index is 1.37. The first-order valence-electron chi connectivity index (χ1n) is 8.59. The van der Waals surface area contributed by atoms with E-state index in [1.165, 1.54) is 5.69 Å². The van der Waals surface area contributed by atoms with Gasteiger partial charge < -0.3 is 19.5 Å². The van der Waals surface area contributed by atoms with Crippen LogP contribution in [0, 0.1) is 0 Å². The number of furan rings is 1. The number of benzene rings is 1. The first-order valence-corrected chi connectivity index (χ1v) is 8.59. The molecule has 0 spiro atoms. The van der Waals surface area contributed by atoms with E-state index >= 15 is 0 Å². The van der Waals surface area contributed by atoms with E-state index in [2.05, 4.69) is 22.3 Å². The zero-order valence-electron chi connectivity index (χ0n) is 14.2. The Kier molecular flexibility index (Phi) is 5.72. The summed E-state index contributed by atoms with van der Waals surface area (Å²) >= 11 is 0. The van der Waals surface area contributed by atoms with Crippen molar-refractivity contribution in [2.45, 2.75) is 19.4 Å². The predicted octanol–water partition coefficient (Wildman–Crippen LogP) is 2.02. The van der Waals surface area contributed by atoms with Crippen molar-refractivity contribution >= 4 is 17.5 Å². The van der Waals surface area contributed by atoms with Crippen molar-refractivity contribution in [3.05, 3.63) is 54.5 Å². The van der Waals surface area contributed by atoms with E-state index in [9.17, 15) is 9.59 Å². The minimum atomic E-state index is -0.132. The minimum absolute atomic E-state index is 0.0425. The second-order valence-corrected chi connectivity index (χ2v) is 6.06. The number of nitrogens with one attached hydrogen (secondary N) is 1. The van der Waals surface area contributed by atoms with Crippen molar-refractivity contribution in [3.8, 4) is 0 Å². The lowest BCUT2D eigenvalue weighted by molar-refractivity contribution is -0.133. The number of carbonyl (C=O) groups excluding carboxylic acids is 2. The molecular formula is C19H23N3O3. The molecular weight excluding hydrogens is 318 g/mol. The molecule has 1 fully saturated rings. The van der Waals surface area contributed by atoms with Crippen LogP contribution in [0.2, 0.25) is 0 Å². The Morgan fingerprint density at radius 1 is 0.960 bits per heavy atom. The van der Waals surface area contributed by atoms with Crippen molar-refractivity contribution in [1.29, 1.82) is 0 Å². The number of amides is 2. The Morgan fingerprint density at radius 2 is 1.72 bits per heavy atom. The smallest absolute Gasteiger partial charge is 0.223 e. The molecule has 6 heteroatoms. The molecule has 3 rings (SSSR count). The molecule has 1 N–H and O–H groups in total. The summed E-state index contributed by atoms with van der Waals surface area (Å²) in [5.74, 6) is 0.616. The van der Waals surface area contributed by atoms with Gasteiger partial charge in [0.2, 0.25) is 11.8 Å². The van der Waals surface area contributed by atoms with E-state index in [0.717, 1.165) is 13.1 Å². The van der Waals surface area contributed by atoms with Crippen LogP contribution >= 0.6 is 0 Å². The van der Waals surface area contributed by atoms with Crippen molar-refractivity contribution in [1.82, 2.24) is 10.2 Å². The second kappa shape index (κ2) is 8.37. The number of hydrogen-bond donors (Lipinski definition) is 1. The second-order valence-electron chi connectivity index (χ2n) is 6.06. The molecule has 0 saturated carbocycles. The Hall–Kier alpha value is -2.76. The summed E-state index contributed by atoms with van der Waals surface area (Å²) in [5.41, 5.74) is 1.19. The third-order valence-electron chi connectivity index (χ3n) is 4.36. The molecule has 2 amide bonds. The van der Waals surface area contributed by atoms with Crippen molar-refractivity contribution in [2.75, 3.05) is 31.1 Å². The molecule has 0 bridgehead atoms. The minimum Gasteiger partial charge on any atom is -0.467 e. The molecule has 2 heterocycles. The van der Waals surface area contributed by atoms with Gasteiger partial charge in [0.1, 0.15) is 5.76 Å². The lowest BCUT2D eigenvalue weighted by Gasteiger charge is -2.36. The Morgan fingerprint density at radius 3 is 2.40 bits per heavy atom. The van der Waals surface area contributed by atoms with Gasteiger partial charge in [0.25, 0.3) is 0 Å². The average molecular weight is 341 g/mol. The van der Waals surface area contributed by atoms with E-state index in [1.807, 2.05) is 23.1 Å². The van der Waals surface area contributed by atoms with Crippen molar-refractivity contribution < 1.29 is 14.0 Å². The van der Waals surface area contributed by atoms with Crippen LogP contribution in [0.15, 0.2) is 53.1 Å². The quantitative estimate of drug-likeness (QED) is 0.873. The molecule has 6 nitrogen and oxygen atoms in total. The summed E-state index contributed by atoms with van der Waals surface area (Å²) in [5, 5.41) is 2.76. The monoisotopic (exact) mass is 341 g/mol. The van der Waals surface area contributed by atoms with Crippen LogP contribution in [-0.2, 0) is 16.1 Å². The number of nitrogens with zero attached hydrogens (tertiary/aromatic N) is 2. The van der Waals surface area contributed by atoms with Gasteiger partial charge in [-0.3, -0.25) is 9.59 Å². The average Bonchev–Trinajstić information content (AvgIpc) is 3.19. The number of carbonyl (C=O) groups is 2. The molecule has 1 aliphatic heterocycles. The molecule has 1 aromatic carbocycles. The van der Waals surface area contributed by atoms with E-state index in [-0.39, 0.29) is 24.7 Å². The first kappa shape index (κ1) is 17.1. The van der Waals surface area contributed by atoms with E-state index in [4.69, 9.17) is 4.42 Å². The van der Waals surface area contributed by atoms with Gasteiger partial charge in [-0.25, -0.2) is 0 Å². The van der Waals surface area contributed by atoms with Crippen LogP contribution in [0.25, 0.3) is 0 Å². The third-order valence-corrected chi connectivity index (χ3v) is 4.36. The fraction of sp³-hybridized carbons (Fsp3) is 0.368. The van der Waals surface area contributed by atoms with Crippen LogP contribution < -0.4 is 10.2 Å². The summed E-state index contributed by atoms with van der Waals surface area (Å²) in [7, 11) is 0. The zero-order valence-corrected chi connectivity index (χ0v) is 14.2. The molecule has 132 valence electrons. The Labute approximate surface area is 147 Å². The lowest BCUT2D eigenvalue weighted by Crippen LogP contribution is -2.48. The molecule has 0 unspecified atom stereocenters. The van der Waals surface area contributed by atoms with Crippen molar-refractivity contribution in [3.63, 3.8) is 0 Å². The number of para-hydroxylation sites is 1. The molecule has 0 aliphatic carbocycles. The normalized spacial score (nSPS) is 14.4. The maximum Gasteiger partial charge on any atom is 0.223 e. The van der Waals surface area contributed by atoms with Crippen LogP contribution in [0.5, 0.6) is 0 Å². The molecule has 2 aromatic rings. The van der Waals surface area contributed by atoms with Crippen LogP contribution in [0.4, 0.5) is 5.69 Å². The maximum absolute atomic E-state index is 12.3. The summed E-state index contributed by atoms with van der Waals surface area (Å²) in [6.45, 7) is 3.39. The van der Waals surface area contributed by atoms with Crippen LogP contribution in [-0.4, -0.2) is 42.9 Å². The topological polar surface area (TPSA) is 65.8 Å². The highest BCUT2D eigenvalue weighted by Gasteiger charge is 2.21. The zero-order chi connectivity index (χ0) is 17.5. The summed E-state index contributed by atoms with van der Waals surface area (Å²) in [6, 6.07) is 13.8. The highest BCUT2D eigenvalue weighted by Crippen LogP contribution is 2.16. The van der Waals surface area contributed by atoms with Crippen LogP contribution in [0.3, 0.4) is 0 Å².